The van der Waals surface area contributed by atoms with Crippen LogP contribution in [0.25, 0.3) is 0 Å². The Morgan fingerprint density at radius 2 is 2.03 bits per heavy atom. The van der Waals surface area contributed by atoms with Gasteiger partial charge >= 0.3 is 6.03 Å². The third kappa shape index (κ3) is 4.85. The van der Waals surface area contributed by atoms with Crippen molar-refractivity contribution in [2.24, 2.45) is 0 Å². The van der Waals surface area contributed by atoms with Gasteiger partial charge in [-0.05, 0) is 49.9 Å². The van der Waals surface area contributed by atoms with Crippen molar-refractivity contribution in [2.75, 3.05) is 25.0 Å². The van der Waals surface area contributed by atoms with E-state index in [1.54, 1.807) is 29.2 Å². The summed E-state index contributed by atoms with van der Waals surface area (Å²) in [6.45, 7) is 1.94. The number of likely N-dealkylation sites (tertiary alicyclic amines) is 1. The summed E-state index contributed by atoms with van der Waals surface area (Å²) in [6, 6.07) is 6.57. The van der Waals surface area contributed by atoms with Crippen LogP contribution < -0.4 is 10.6 Å². The normalized spacial score (nSPS) is 21.3. The van der Waals surface area contributed by atoms with E-state index in [9.17, 15) is 9.59 Å². The second kappa shape index (κ2) is 9.06. The molecule has 1 aromatic heterocycles. The summed E-state index contributed by atoms with van der Waals surface area (Å²) < 4.78 is 5.56. The third-order valence-corrected chi connectivity index (χ3v) is 6.32. The molecular formula is C19H22ClN5O3S. The number of aromatic nitrogens is 2. The first-order valence-corrected chi connectivity index (χ1v) is 10.9. The zero-order valence-corrected chi connectivity index (χ0v) is 17.3. The molecule has 2 unspecified atom stereocenters. The van der Waals surface area contributed by atoms with Crippen LogP contribution >= 0.6 is 22.9 Å². The minimum atomic E-state index is -0.330. The Morgan fingerprint density at radius 3 is 2.79 bits per heavy atom. The molecule has 4 rings (SSSR count). The highest BCUT2D eigenvalue weighted by Gasteiger charge is 2.33. The molecule has 10 heteroatoms. The van der Waals surface area contributed by atoms with E-state index in [4.69, 9.17) is 16.3 Å². The number of rotatable bonds is 5. The molecule has 2 aromatic rings. The molecule has 0 spiro atoms. The maximum Gasteiger partial charge on any atom is 0.318 e. The van der Waals surface area contributed by atoms with Gasteiger partial charge in [-0.3, -0.25) is 4.79 Å². The van der Waals surface area contributed by atoms with Gasteiger partial charge in [-0.25, -0.2) is 4.79 Å². The fraction of sp³-hybridized carbons (Fsp3) is 0.474. The van der Waals surface area contributed by atoms with Crippen molar-refractivity contribution in [1.29, 1.82) is 0 Å². The molecule has 2 atom stereocenters. The molecule has 0 bridgehead atoms. The highest BCUT2D eigenvalue weighted by Crippen LogP contribution is 2.33. The number of anilines is 1. The van der Waals surface area contributed by atoms with Gasteiger partial charge in [0.2, 0.25) is 5.01 Å². The number of ether oxygens (including phenoxy) is 1. The predicted octanol–water partition coefficient (Wildman–Crippen LogP) is 3.47. The second-order valence-corrected chi connectivity index (χ2v) is 8.52. The molecular weight excluding hydrogens is 414 g/mol. The zero-order valence-electron chi connectivity index (χ0n) is 15.8. The molecule has 0 aliphatic carbocycles. The number of hydrogen-bond donors (Lipinski definition) is 2. The fourth-order valence-electron chi connectivity index (χ4n) is 3.55. The Bertz CT molecular complexity index is 869. The van der Waals surface area contributed by atoms with E-state index in [2.05, 4.69) is 20.8 Å². The molecule has 2 aliphatic rings. The van der Waals surface area contributed by atoms with Crippen LogP contribution in [0, 0.1) is 0 Å². The minimum Gasteiger partial charge on any atom is -0.376 e. The number of amides is 3. The van der Waals surface area contributed by atoms with Crippen molar-refractivity contribution in [3.8, 4) is 0 Å². The summed E-state index contributed by atoms with van der Waals surface area (Å²) in [6.07, 6.45) is 3.82. The SMILES string of the molecule is O=C(Nc1ccc(Cl)cc1)c1nnc(C2CCCN2C(=O)NCC2CCCO2)s1. The van der Waals surface area contributed by atoms with Crippen molar-refractivity contribution in [1.82, 2.24) is 20.4 Å². The molecule has 0 saturated carbocycles. The minimum absolute atomic E-state index is 0.102. The Hall–Kier alpha value is -2.23. The number of halogens is 1. The summed E-state index contributed by atoms with van der Waals surface area (Å²) in [4.78, 5) is 26.8. The highest BCUT2D eigenvalue weighted by atomic mass is 35.5. The van der Waals surface area contributed by atoms with Crippen LogP contribution in [0.15, 0.2) is 24.3 Å². The average molecular weight is 436 g/mol. The summed E-state index contributed by atoms with van der Waals surface area (Å²) in [5, 5.41) is 15.5. The molecule has 3 amide bonds. The molecule has 2 aliphatic heterocycles. The standard InChI is InChI=1S/C19H22ClN5O3S/c20-12-5-7-13(8-6-12)22-16(26)18-24-23-17(29-18)15-4-1-9-25(15)19(27)21-11-14-3-2-10-28-14/h5-8,14-15H,1-4,9-11H2,(H,21,27)(H,22,26). The first-order valence-electron chi connectivity index (χ1n) is 9.66. The summed E-state index contributed by atoms with van der Waals surface area (Å²) in [7, 11) is 0. The molecule has 2 saturated heterocycles. The number of hydrogen-bond acceptors (Lipinski definition) is 6. The lowest BCUT2D eigenvalue weighted by molar-refractivity contribution is 0.102. The van der Waals surface area contributed by atoms with Crippen molar-refractivity contribution in [2.45, 2.75) is 37.8 Å². The number of benzene rings is 1. The maximum absolute atomic E-state index is 12.6. The lowest BCUT2D eigenvalue weighted by Crippen LogP contribution is -2.42. The van der Waals surface area contributed by atoms with Gasteiger partial charge < -0.3 is 20.3 Å². The highest BCUT2D eigenvalue weighted by molar-refractivity contribution is 7.13. The Kier molecular flexibility index (Phi) is 6.27. The molecule has 29 heavy (non-hydrogen) atoms. The van der Waals surface area contributed by atoms with Crippen LogP contribution in [0.1, 0.15) is 46.5 Å². The molecule has 2 N–H and O–H groups in total. The molecule has 3 heterocycles. The zero-order chi connectivity index (χ0) is 20.2. The number of carbonyl (C=O) groups excluding carboxylic acids is 2. The smallest absolute Gasteiger partial charge is 0.318 e. The van der Waals surface area contributed by atoms with Crippen LogP contribution in [-0.2, 0) is 4.74 Å². The van der Waals surface area contributed by atoms with Crippen LogP contribution in [0.5, 0.6) is 0 Å². The van der Waals surface area contributed by atoms with Gasteiger partial charge in [-0.2, -0.15) is 0 Å². The molecule has 0 radical (unpaired) electrons. The topological polar surface area (TPSA) is 96.5 Å². The van der Waals surface area contributed by atoms with E-state index in [1.807, 2.05) is 0 Å². The van der Waals surface area contributed by atoms with E-state index < -0.39 is 0 Å². The van der Waals surface area contributed by atoms with Crippen LogP contribution in [0.2, 0.25) is 5.02 Å². The Balaban J connectivity index is 1.37. The van der Waals surface area contributed by atoms with Crippen molar-refractivity contribution in [3.63, 3.8) is 0 Å². The largest absolute Gasteiger partial charge is 0.376 e. The summed E-state index contributed by atoms with van der Waals surface area (Å²) >= 11 is 7.08. The quantitative estimate of drug-likeness (QED) is 0.749. The van der Waals surface area contributed by atoms with Crippen LogP contribution in [-0.4, -0.2) is 52.8 Å². The van der Waals surface area contributed by atoms with E-state index in [1.165, 1.54) is 11.3 Å². The van der Waals surface area contributed by atoms with Crippen molar-refractivity contribution >= 4 is 40.6 Å². The van der Waals surface area contributed by atoms with Gasteiger partial charge in [-0.15, -0.1) is 10.2 Å². The number of nitrogens with zero attached hydrogens (tertiary/aromatic N) is 3. The summed E-state index contributed by atoms with van der Waals surface area (Å²) in [5.74, 6) is -0.330. The monoisotopic (exact) mass is 435 g/mol. The molecule has 2 fully saturated rings. The van der Waals surface area contributed by atoms with E-state index in [-0.39, 0.29) is 29.1 Å². The Morgan fingerprint density at radius 1 is 1.21 bits per heavy atom. The van der Waals surface area contributed by atoms with E-state index in [0.29, 0.717) is 28.8 Å². The summed E-state index contributed by atoms with van der Waals surface area (Å²) in [5.41, 5.74) is 0.632. The van der Waals surface area contributed by atoms with Gasteiger partial charge in [0.05, 0.1) is 12.1 Å². The molecule has 8 nitrogen and oxygen atoms in total. The fourth-order valence-corrected chi connectivity index (χ4v) is 4.57. The molecule has 1 aromatic carbocycles. The van der Waals surface area contributed by atoms with Gasteiger partial charge in [0, 0.05) is 30.4 Å². The van der Waals surface area contributed by atoms with Gasteiger partial charge in [0.1, 0.15) is 5.01 Å². The maximum atomic E-state index is 12.6. The number of carbonyl (C=O) groups is 2. The molecule has 154 valence electrons. The van der Waals surface area contributed by atoms with Crippen LogP contribution in [0.3, 0.4) is 0 Å². The van der Waals surface area contributed by atoms with Gasteiger partial charge in [0.15, 0.2) is 0 Å². The van der Waals surface area contributed by atoms with E-state index >= 15 is 0 Å². The van der Waals surface area contributed by atoms with Gasteiger partial charge in [0.25, 0.3) is 5.91 Å². The average Bonchev–Trinajstić information content (AvgIpc) is 3.48. The first kappa shape index (κ1) is 20.1. The third-order valence-electron chi connectivity index (χ3n) is 5.04. The van der Waals surface area contributed by atoms with Gasteiger partial charge in [-0.1, -0.05) is 22.9 Å². The number of nitrogens with one attached hydrogen (secondary N) is 2. The lowest BCUT2D eigenvalue weighted by atomic mass is 10.2. The van der Waals surface area contributed by atoms with Crippen molar-refractivity contribution < 1.29 is 14.3 Å². The first-order chi connectivity index (χ1) is 14.1. The Labute approximate surface area is 177 Å². The van der Waals surface area contributed by atoms with E-state index in [0.717, 1.165) is 32.3 Å². The number of urea groups is 1. The van der Waals surface area contributed by atoms with Crippen LogP contribution in [0.4, 0.5) is 10.5 Å². The predicted molar refractivity (Wildman–Crippen MR) is 110 cm³/mol. The lowest BCUT2D eigenvalue weighted by Gasteiger charge is -2.23. The second-order valence-electron chi connectivity index (χ2n) is 7.08. The van der Waals surface area contributed by atoms with Crippen molar-refractivity contribution in [3.05, 3.63) is 39.3 Å².